The SMILES string of the molecule is CC(=O)c1cc(-c2cccc(Cl)c2)nn1CC#N. The third-order valence-corrected chi connectivity index (χ3v) is 2.72. The van der Waals surface area contributed by atoms with Crippen LogP contribution in [-0.4, -0.2) is 15.6 Å². The quantitative estimate of drug-likeness (QED) is 0.797. The molecule has 0 saturated heterocycles. The first-order valence-corrected chi connectivity index (χ1v) is 5.71. The number of carbonyl (C=O) groups excluding carboxylic acids is 1. The first-order chi connectivity index (χ1) is 8.61. The number of ketones is 1. The van der Waals surface area contributed by atoms with Gasteiger partial charge < -0.3 is 0 Å². The van der Waals surface area contributed by atoms with Gasteiger partial charge in [0.15, 0.2) is 5.78 Å². The Morgan fingerprint density at radius 2 is 2.28 bits per heavy atom. The number of halogens is 1. The fourth-order valence-corrected chi connectivity index (χ4v) is 1.87. The summed E-state index contributed by atoms with van der Waals surface area (Å²) in [7, 11) is 0. The van der Waals surface area contributed by atoms with E-state index in [-0.39, 0.29) is 12.3 Å². The molecule has 0 atom stereocenters. The summed E-state index contributed by atoms with van der Waals surface area (Å²) in [5.41, 5.74) is 1.88. The molecule has 0 N–H and O–H groups in total. The van der Waals surface area contributed by atoms with Gasteiger partial charge in [0.1, 0.15) is 12.2 Å². The second-order valence-corrected chi connectivity index (χ2v) is 4.23. The van der Waals surface area contributed by atoms with Crippen LogP contribution in [-0.2, 0) is 6.54 Å². The average molecular weight is 260 g/mol. The van der Waals surface area contributed by atoms with Gasteiger partial charge in [-0.15, -0.1) is 0 Å². The van der Waals surface area contributed by atoms with Gasteiger partial charge in [-0.3, -0.25) is 4.79 Å². The molecule has 0 aliphatic carbocycles. The minimum Gasteiger partial charge on any atom is -0.293 e. The van der Waals surface area contributed by atoms with Crippen LogP contribution in [0.4, 0.5) is 0 Å². The summed E-state index contributed by atoms with van der Waals surface area (Å²) in [4.78, 5) is 11.5. The summed E-state index contributed by atoms with van der Waals surface area (Å²) in [6, 6.07) is 10.9. The van der Waals surface area contributed by atoms with Gasteiger partial charge >= 0.3 is 0 Å². The van der Waals surface area contributed by atoms with Crippen molar-refractivity contribution in [1.82, 2.24) is 9.78 Å². The van der Waals surface area contributed by atoms with Crippen LogP contribution in [0, 0.1) is 11.3 Å². The topological polar surface area (TPSA) is 58.7 Å². The summed E-state index contributed by atoms with van der Waals surface area (Å²) in [5, 5.41) is 13.6. The van der Waals surface area contributed by atoms with Gasteiger partial charge in [0, 0.05) is 17.5 Å². The number of benzene rings is 1. The lowest BCUT2D eigenvalue weighted by atomic mass is 10.1. The molecule has 0 unspecified atom stereocenters. The van der Waals surface area contributed by atoms with Gasteiger partial charge in [0.2, 0.25) is 0 Å². The summed E-state index contributed by atoms with van der Waals surface area (Å²) in [6.45, 7) is 1.50. The fourth-order valence-electron chi connectivity index (χ4n) is 1.68. The van der Waals surface area contributed by atoms with E-state index in [1.54, 1.807) is 18.2 Å². The van der Waals surface area contributed by atoms with Crippen LogP contribution in [0.3, 0.4) is 0 Å². The normalized spacial score (nSPS) is 10.1. The van der Waals surface area contributed by atoms with E-state index in [0.29, 0.717) is 16.4 Å². The lowest BCUT2D eigenvalue weighted by molar-refractivity contribution is 0.100. The minimum absolute atomic E-state index is 0.0511. The number of Topliss-reactive ketones (excluding diaryl/α,β-unsaturated/α-hetero) is 1. The molecule has 90 valence electrons. The fraction of sp³-hybridized carbons (Fsp3) is 0.154. The second kappa shape index (κ2) is 5.03. The molecule has 0 aliphatic heterocycles. The van der Waals surface area contributed by atoms with E-state index in [9.17, 15) is 4.79 Å². The zero-order valence-electron chi connectivity index (χ0n) is 9.72. The number of carbonyl (C=O) groups is 1. The molecule has 2 aromatic rings. The maximum Gasteiger partial charge on any atom is 0.177 e. The lowest BCUT2D eigenvalue weighted by Gasteiger charge is -1.97. The molecule has 0 bridgehead atoms. The van der Waals surface area contributed by atoms with Crippen molar-refractivity contribution in [3.05, 3.63) is 41.0 Å². The highest BCUT2D eigenvalue weighted by Crippen LogP contribution is 2.22. The number of hydrogen-bond acceptors (Lipinski definition) is 3. The van der Waals surface area contributed by atoms with Gasteiger partial charge in [-0.05, 0) is 18.2 Å². The number of aromatic nitrogens is 2. The predicted octanol–water partition coefficient (Wildman–Crippen LogP) is 2.93. The molecule has 0 fully saturated rings. The smallest absolute Gasteiger partial charge is 0.177 e. The molecular weight excluding hydrogens is 250 g/mol. The van der Waals surface area contributed by atoms with Crippen molar-refractivity contribution in [2.45, 2.75) is 13.5 Å². The Labute approximate surface area is 109 Å². The van der Waals surface area contributed by atoms with Crippen molar-refractivity contribution < 1.29 is 4.79 Å². The number of nitriles is 1. The standard InChI is InChI=1S/C13H10ClN3O/c1-9(18)13-8-12(16-17(13)6-5-15)10-3-2-4-11(14)7-10/h2-4,7-8H,6H2,1H3. The third-order valence-electron chi connectivity index (χ3n) is 2.48. The molecule has 4 nitrogen and oxygen atoms in total. The van der Waals surface area contributed by atoms with Crippen LogP contribution in [0.2, 0.25) is 5.02 Å². The van der Waals surface area contributed by atoms with Crippen LogP contribution in [0.1, 0.15) is 17.4 Å². The van der Waals surface area contributed by atoms with E-state index in [4.69, 9.17) is 16.9 Å². The first kappa shape index (κ1) is 12.3. The van der Waals surface area contributed by atoms with Crippen molar-refractivity contribution in [2.75, 3.05) is 0 Å². The van der Waals surface area contributed by atoms with Crippen LogP contribution in [0.25, 0.3) is 11.3 Å². The number of nitrogens with zero attached hydrogens (tertiary/aromatic N) is 3. The van der Waals surface area contributed by atoms with Gasteiger partial charge in [-0.2, -0.15) is 10.4 Å². The molecule has 1 aromatic carbocycles. The highest BCUT2D eigenvalue weighted by atomic mass is 35.5. The average Bonchev–Trinajstić information content (AvgIpc) is 2.74. The summed E-state index contributed by atoms with van der Waals surface area (Å²) in [6.07, 6.45) is 0. The van der Waals surface area contributed by atoms with Crippen LogP contribution in [0.15, 0.2) is 30.3 Å². The molecule has 5 heteroatoms. The lowest BCUT2D eigenvalue weighted by Crippen LogP contribution is -2.06. The molecule has 0 saturated carbocycles. The summed E-state index contributed by atoms with van der Waals surface area (Å²) in [5.74, 6) is -0.119. The molecule has 18 heavy (non-hydrogen) atoms. The van der Waals surface area contributed by atoms with E-state index in [0.717, 1.165) is 5.56 Å². The van der Waals surface area contributed by atoms with E-state index in [1.165, 1.54) is 11.6 Å². The van der Waals surface area contributed by atoms with Crippen LogP contribution >= 0.6 is 11.6 Å². The maximum atomic E-state index is 11.5. The molecule has 1 heterocycles. The Morgan fingerprint density at radius 1 is 1.50 bits per heavy atom. The Bertz CT molecular complexity index is 640. The summed E-state index contributed by atoms with van der Waals surface area (Å²) >= 11 is 5.91. The maximum absolute atomic E-state index is 11.5. The molecule has 2 rings (SSSR count). The highest BCUT2D eigenvalue weighted by Gasteiger charge is 2.12. The Kier molecular flexibility index (Phi) is 3.45. The zero-order chi connectivity index (χ0) is 13.1. The second-order valence-electron chi connectivity index (χ2n) is 3.80. The van der Waals surface area contributed by atoms with Crippen molar-refractivity contribution >= 4 is 17.4 Å². The van der Waals surface area contributed by atoms with E-state index in [2.05, 4.69) is 5.10 Å². The molecule has 0 radical (unpaired) electrons. The van der Waals surface area contributed by atoms with Crippen LogP contribution < -0.4 is 0 Å². The zero-order valence-corrected chi connectivity index (χ0v) is 10.5. The van der Waals surface area contributed by atoms with Gasteiger partial charge in [-0.25, -0.2) is 4.68 Å². The van der Waals surface area contributed by atoms with E-state index >= 15 is 0 Å². The molecule has 0 amide bonds. The van der Waals surface area contributed by atoms with Crippen LogP contribution in [0.5, 0.6) is 0 Å². The predicted molar refractivity (Wildman–Crippen MR) is 68.3 cm³/mol. The van der Waals surface area contributed by atoms with E-state index < -0.39 is 0 Å². The van der Waals surface area contributed by atoms with E-state index in [1.807, 2.05) is 18.2 Å². The monoisotopic (exact) mass is 259 g/mol. The molecule has 0 aliphatic rings. The first-order valence-electron chi connectivity index (χ1n) is 5.33. The molecular formula is C13H10ClN3O. The highest BCUT2D eigenvalue weighted by molar-refractivity contribution is 6.30. The van der Waals surface area contributed by atoms with Crippen molar-refractivity contribution in [3.8, 4) is 17.3 Å². The largest absolute Gasteiger partial charge is 0.293 e. The third kappa shape index (κ3) is 2.41. The Hall–Kier alpha value is -2.12. The van der Waals surface area contributed by atoms with Crippen molar-refractivity contribution in [3.63, 3.8) is 0 Å². The number of hydrogen-bond donors (Lipinski definition) is 0. The Balaban J connectivity index is 2.50. The molecule has 1 aromatic heterocycles. The number of rotatable bonds is 3. The van der Waals surface area contributed by atoms with Crippen molar-refractivity contribution in [1.29, 1.82) is 5.26 Å². The minimum atomic E-state index is -0.119. The van der Waals surface area contributed by atoms with Gasteiger partial charge in [-0.1, -0.05) is 23.7 Å². The van der Waals surface area contributed by atoms with Gasteiger partial charge in [0.05, 0.1) is 11.8 Å². The van der Waals surface area contributed by atoms with Crippen molar-refractivity contribution in [2.24, 2.45) is 0 Å². The molecule has 0 spiro atoms. The summed E-state index contributed by atoms with van der Waals surface area (Å²) < 4.78 is 1.40. The Morgan fingerprint density at radius 3 is 2.89 bits per heavy atom. The van der Waals surface area contributed by atoms with Gasteiger partial charge in [0.25, 0.3) is 0 Å².